The summed E-state index contributed by atoms with van der Waals surface area (Å²) in [4.78, 5) is 15.0. The normalized spacial score (nSPS) is 12.1. The minimum absolute atomic E-state index is 0.138. The van der Waals surface area contributed by atoms with E-state index in [0.717, 1.165) is 30.5 Å². The van der Waals surface area contributed by atoms with E-state index in [4.69, 9.17) is 23.2 Å². The van der Waals surface area contributed by atoms with Gasteiger partial charge in [0.05, 0.1) is 17.1 Å². The van der Waals surface area contributed by atoms with Crippen LogP contribution in [0, 0.1) is 0 Å². The summed E-state index contributed by atoms with van der Waals surface area (Å²) >= 11 is 11.3. The number of benzene rings is 1. The van der Waals surface area contributed by atoms with E-state index < -0.39 is 41.4 Å². The zero-order chi connectivity index (χ0) is 18.8. The van der Waals surface area contributed by atoms with Gasteiger partial charge in [0, 0.05) is 16.8 Å². The monoisotopic (exact) mass is 398 g/mol. The molecule has 3 nitrogen and oxygen atoms in total. The number of carbonyl (C=O) groups excluding carboxylic acids is 1. The summed E-state index contributed by atoms with van der Waals surface area (Å²) in [5, 5.41) is 1.58. The maximum atomic E-state index is 14.2. The molecule has 10 heteroatoms. The van der Waals surface area contributed by atoms with Crippen LogP contribution < -0.4 is 5.32 Å². The molecule has 0 atom stereocenters. The molecule has 1 heterocycles. The van der Waals surface area contributed by atoms with Gasteiger partial charge in [-0.25, -0.2) is 0 Å². The molecule has 0 bridgehead atoms. The van der Waals surface area contributed by atoms with Crippen molar-refractivity contribution in [3.8, 4) is 0 Å². The molecule has 0 radical (unpaired) electrons. The van der Waals surface area contributed by atoms with E-state index in [2.05, 4.69) is 4.98 Å². The fraction of sp³-hybridized carbons (Fsp3) is 0.200. The Kier molecular flexibility index (Phi) is 5.53. The van der Waals surface area contributed by atoms with Gasteiger partial charge in [-0.05, 0) is 30.3 Å². The van der Waals surface area contributed by atoms with Crippen LogP contribution in [0.1, 0.15) is 21.6 Å². The zero-order valence-corrected chi connectivity index (χ0v) is 13.7. The number of pyridine rings is 1. The molecule has 0 aliphatic heterocycles. The molecule has 25 heavy (non-hydrogen) atoms. The van der Waals surface area contributed by atoms with Gasteiger partial charge in [-0.1, -0.05) is 23.2 Å². The van der Waals surface area contributed by atoms with Crippen molar-refractivity contribution in [1.82, 2.24) is 10.3 Å². The van der Waals surface area contributed by atoms with Gasteiger partial charge in [0.2, 0.25) is 0 Å². The minimum Gasteiger partial charge on any atom is -0.346 e. The first-order chi connectivity index (χ1) is 11.5. The Bertz CT molecular complexity index is 796. The van der Waals surface area contributed by atoms with Crippen LogP contribution in [0.25, 0.3) is 0 Å². The van der Waals surface area contributed by atoms with Gasteiger partial charge in [-0.3, -0.25) is 9.78 Å². The molecule has 0 saturated heterocycles. The number of hydrogen-bond donors (Lipinski definition) is 1. The Morgan fingerprint density at radius 3 is 2.40 bits per heavy atom. The van der Waals surface area contributed by atoms with Gasteiger partial charge in [-0.2, -0.15) is 22.0 Å². The third kappa shape index (κ3) is 4.58. The first-order valence-corrected chi connectivity index (χ1v) is 7.42. The molecular weight excluding hydrogens is 390 g/mol. The number of hydrogen-bond acceptors (Lipinski definition) is 2. The van der Waals surface area contributed by atoms with Crippen molar-refractivity contribution in [2.75, 3.05) is 6.54 Å². The van der Waals surface area contributed by atoms with Crippen LogP contribution in [0.5, 0.6) is 0 Å². The standard InChI is InChI=1S/C15H9Cl2F5N2O/c16-8-3-4-10(11(17)6-8)14(18,19)7-24-13(25)9-2-1-5-23-12(9)15(20,21)22/h1-6H,7H2,(H,24,25). The summed E-state index contributed by atoms with van der Waals surface area (Å²) in [6.45, 7) is -1.25. The Hall–Kier alpha value is -1.93. The van der Waals surface area contributed by atoms with E-state index in [1.54, 1.807) is 5.32 Å². The number of halogens is 7. The molecule has 0 unspecified atom stereocenters. The van der Waals surface area contributed by atoms with Crippen molar-refractivity contribution in [2.45, 2.75) is 12.1 Å². The molecule has 1 N–H and O–H groups in total. The molecule has 2 aromatic rings. The van der Waals surface area contributed by atoms with Crippen molar-refractivity contribution >= 4 is 29.1 Å². The molecule has 1 aromatic carbocycles. The maximum Gasteiger partial charge on any atom is 0.434 e. The average molecular weight is 399 g/mol. The smallest absolute Gasteiger partial charge is 0.346 e. The first-order valence-electron chi connectivity index (χ1n) is 6.66. The fourth-order valence-corrected chi connectivity index (χ4v) is 2.53. The lowest BCUT2D eigenvalue weighted by Gasteiger charge is -2.19. The number of nitrogens with one attached hydrogen (secondary N) is 1. The van der Waals surface area contributed by atoms with E-state index in [-0.39, 0.29) is 10.0 Å². The van der Waals surface area contributed by atoms with Crippen LogP contribution in [-0.4, -0.2) is 17.4 Å². The third-order valence-electron chi connectivity index (χ3n) is 3.12. The number of amides is 1. The van der Waals surface area contributed by atoms with E-state index in [0.29, 0.717) is 0 Å². The SMILES string of the molecule is O=C(NCC(F)(F)c1ccc(Cl)cc1Cl)c1cccnc1C(F)(F)F. The molecule has 1 aromatic heterocycles. The lowest BCUT2D eigenvalue weighted by molar-refractivity contribution is -0.141. The van der Waals surface area contributed by atoms with Gasteiger partial charge < -0.3 is 5.32 Å². The van der Waals surface area contributed by atoms with Crippen LogP contribution in [0.15, 0.2) is 36.5 Å². The Morgan fingerprint density at radius 2 is 1.80 bits per heavy atom. The summed E-state index contributed by atoms with van der Waals surface area (Å²) in [5.74, 6) is -4.94. The van der Waals surface area contributed by atoms with E-state index in [1.807, 2.05) is 0 Å². The topological polar surface area (TPSA) is 42.0 Å². The van der Waals surface area contributed by atoms with E-state index in [9.17, 15) is 26.7 Å². The number of nitrogens with zero attached hydrogens (tertiary/aromatic N) is 1. The van der Waals surface area contributed by atoms with Crippen LogP contribution in [0.4, 0.5) is 22.0 Å². The molecule has 134 valence electrons. The van der Waals surface area contributed by atoms with E-state index in [1.165, 1.54) is 6.07 Å². The highest BCUT2D eigenvalue weighted by molar-refractivity contribution is 6.35. The maximum absolute atomic E-state index is 14.2. The molecule has 0 spiro atoms. The highest BCUT2D eigenvalue weighted by Gasteiger charge is 2.38. The minimum atomic E-state index is -4.89. The lowest BCUT2D eigenvalue weighted by atomic mass is 10.1. The van der Waals surface area contributed by atoms with Crippen molar-refractivity contribution in [3.05, 3.63) is 63.4 Å². The summed E-state index contributed by atoms with van der Waals surface area (Å²) in [6.07, 6.45) is -4.04. The Morgan fingerprint density at radius 1 is 1.12 bits per heavy atom. The van der Waals surface area contributed by atoms with Crippen LogP contribution >= 0.6 is 23.2 Å². The number of carbonyl (C=O) groups is 1. The van der Waals surface area contributed by atoms with Crippen LogP contribution in [0.2, 0.25) is 10.0 Å². The van der Waals surface area contributed by atoms with Gasteiger partial charge in [0.15, 0.2) is 5.69 Å². The average Bonchev–Trinajstić information content (AvgIpc) is 2.51. The molecule has 0 saturated carbocycles. The van der Waals surface area contributed by atoms with Gasteiger partial charge in [-0.15, -0.1) is 0 Å². The molecule has 2 rings (SSSR count). The molecular formula is C15H9Cl2F5N2O. The highest BCUT2D eigenvalue weighted by atomic mass is 35.5. The van der Waals surface area contributed by atoms with E-state index >= 15 is 0 Å². The molecule has 0 fully saturated rings. The Labute approximate surface area is 148 Å². The highest BCUT2D eigenvalue weighted by Crippen LogP contribution is 2.35. The van der Waals surface area contributed by atoms with Gasteiger partial charge >= 0.3 is 6.18 Å². The molecule has 1 amide bonds. The van der Waals surface area contributed by atoms with Gasteiger partial charge in [0.25, 0.3) is 11.8 Å². The fourth-order valence-electron chi connectivity index (χ4n) is 1.98. The first kappa shape index (κ1) is 19.4. The summed E-state index contributed by atoms with van der Waals surface area (Å²) in [7, 11) is 0. The summed E-state index contributed by atoms with van der Waals surface area (Å²) < 4.78 is 66.8. The lowest BCUT2D eigenvalue weighted by Crippen LogP contribution is -2.36. The quantitative estimate of drug-likeness (QED) is 0.741. The van der Waals surface area contributed by atoms with Crippen molar-refractivity contribution < 1.29 is 26.7 Å². The third-order valence-corrected chi connectivity index (χ3v) is 3.66. The van der Waals surface area contributed by atoms with Gasteiger partial charge in [0.1, 0.15) is 0 Å². The predicted molar refractivity (Wildman–Crippen MR) is 81.9 cm³/mol. The second-order valence-corrected chi connectivity index (χ2v) is 5.75. The van der Waals surface area contributed by atoms with Crippen LogP contribution in [-0.2, 0) is 12.1 Å². The molecule has 0 aliphatic rings. The second-order valence-electron chi connectivity index (χ2n) is 4.91. The molecule has 0 aliphatic carbocycles. The largest absolute Gasteiger partial charge is 0.434 e. The van der Waals surface area contributed by atoms with Crippen LogP contribution in [0.3, 0.4) is 0 Å². The predicted octanol–water partition coefficient (Wildman–Crippen LogP) is 4.93. The number of alkyl halides is 5. The number of rotatable bonds is 4. The summed E-state index contributed by atoms with van der Waals surface area (Å²) in [6, 6.07) is 5.19. The van der Waals surface area contributed by atoms with Crippen molar-refractivity contribution in [1.29, 1.82) is 0 Å². The summed E-state index contributed by atoms with van der Waals surface area (Å²) in [5.41, 5.74) is -2.92. The van der Waals surface area contributed by atoms with Crippen molar-refractivity contribution in [2.24, 2.45) is 0 Å². The zero-order valence-electron chi connectivity index (χ0n) is 12.2. The Balaban J connectivity index is 2.20. The second kappa shape index (κ2) is 7.13. The van der Waals surface area contributed by atoms with Crippen molar-refractivity contribution in [3.63, 3.8) is 0 Å². The number of aromatic nitrogens is 1.